The van der Waals surface area contributed by atoms with E-state index in [9.17, 15) is 13.2 Å². The molecule has 4 rings (SSSR count). The summed E-state index contributed by atoms with van der Waals surface area (Å²) in [7, 11) is 0.622. The van der Waals surface area contributed by atoms with Crippen LogP contribution in [0, 0.1) is 0 Å². The largest absolute Gasteiger partial charge is 0.497 e. The fraction of sp³-hybridized carbons (Fsp3) is 0.241. The van der Waals surface area contributed by atoms with E-state index in [1.807, 2.05) is 36.4 Å². The predicted octanol–water partition coefficient (Wildman–Crippen LogP) is 4.60. The Hall–Kier alpha value is -4.35. The third-order valence-corrected chi connectivity index (χ3v) is 8.25. The van der Waals surface area contributed by atoms with E-state index in [0.29, 0.717) is 28.6 Å². The van der Waals surface area contributed by atoms with Gasteiger partial charge < -0.3 is 14.2 Å². The molecule has 0 fully saturated rings. The number of nitrogens with one attached hydrogen (secondary N) is 1. The molecule has 3 aromatic carbocycles. The standard InChI is InChI=1S/C29H32N4O6S/c1-20(2)33(40(35,36)24-14-12-23(37-3)13-15-24)19-28(34)31-29-30-25(21-9-7-6-8-10-21)18-32(29)22-11-16-26(38-4)27(17-22)39-5/h6-18,20H,19H2,1-5H3,(H,30,31,34). The van der Waals surface area contributed by atoms with Crippen molar-refractivity contribution in [3.05, 3.63) is 79.0 Å². The van der Waals surface area contributed by atoms with Crippen LogP contribution in [0.1, 0.15) is 13.8 Å². The zero-order valence-corrected chi connectivity index (χ0v) is 23.8. The molecule has 1 heterocycles. The number of carbonyl (C=O) groups excluding carboxylic acids is 1. The van der Waals surface area contributed by atoms with Gasteiger partial charge in [-0.1, -0.05) is 30.3 Å². The van der Waals surface area contributed by atoms with Crippen LogP contribution in [0.25, 0.3) is 16.9 Å². The zero-order chi connectivity index (χ0) is 28.9. The van der Waals surface area contributed by atoms with Crippen molar-refractivity contribution < 1.29 is 27.4 Å². The van der Waals surface area contributed by atoms with Crippen molar-refractivity contribution >= 4 is 21.9 Å². The molecule has 1 amide bonds. The Morgan fingerprint density at radius 1 is 0.925 bits per heavy atom. The Morgan fingerprint density at radius 2 is 1.60 bits per heavy atom. The highest BCUT2D eigenvalue weighted by molar-refractivity contribution is 7.89. The number of nitrogens with zero attached hydrogens (tertiary/aromatic N) is 3. The van der Waals surface area contributed by atoms with E-state index in [-0.39, 0.29) is 10.8 Å². The summed E-state index contributed by atoms with van der Waals surface area (Å²) in [4.78, 5) is 18.0. The minimum absolute atomic E-state index is 0.0630. The van der Waals surface area contributed by atoms with Gasteiger partial charge in [-0.05, 0) is 50.2 Å². The van der Waals surface area contributed by atoms with Gasteiger partial charge in [-0.25, -0.2) is 13.4 Å². The molecule has 4 aromatic rings. The average Bonchev–Trinajstić information content (AvgIpc) is 3.39. The van der Waals surface area contributed by atoms with Crippen LogP contribution in [0.15, 0.2) is 83.9 Å². The van der Waals surface area contributed by atoms with Crippen LogP contribution in [0.3, 0.4) is 0 Å². The van der Waals surface area contributed by atoms with Crippen molar-refractivity contribution in [1.82, 2.24) is 13.9 Å². The number of carbonyl (C=O) groups is 1. The van der Waals surface area contributed by atoms with Gasteiger partial charge in [0.05, 0.1) is 44.2 Å². The van der Waals surface area contributed by atoms with Gasteiger partial charge in [0.25, 0.3) is 0 Å². The predicted molar refractivity (Wildman–Crippen MR) is 153 cm³/mol. The van der Waals surface area contributed by atoms with Gasteiger partial charge in [-0.15, -0.1) is 0 Å². The molecule has 1 aromatic heterocycles. The second-order valence-electron chi connectivity index (χ2n) is 9.09. The van der Waals surface area contributed by atoms with Gasteiger partial charge in [-0.3, -0.25) is 14.7 Å². The second kappa shape index (κ2) is 12.2. The number of benzene rings is 3. The molecule has 0 unspecified atom stereocenters. The van der Waals surface area contributed by atoms with Crippen LogP contribution < -0.4 is 19.5 Å². The third-order valence-electron chi connectivity index (χ3n) is 6.21. The van der Waals surface area contributed by atoms with Gasteiger partial charge in [-0.2, -0.15) is 4.31 Å². The van der Waals surface area contributed by atoms with E-state index >= 15 is 0 Å². The molecule has 0 aliphatic rings. The smallest absolute Gasteiger partial charge is 0.243 e. The Morgan fingerprint density at radius 3 is 2.20 bits per heavy atom. The Kier molecular flexibility index (Phi) is 8.76. The van der Waals surface area contributed by atoms with E-state index in [1.54, 1.807) is 56.0 Å². The number of hydrogen-bond acceptors (Lipinski definition) is 7. The Labute approximate surface area is 234 Å². The molecule has 0 bridgehead atoms. The molecule has 0 aliphatic heterocycles. The lowest BCUT2D eigenvalue weighted by atomic mass is 10.2. The van der Waals surface area contributed by atoms with Crippen molar-refractivity contribution in [2.45, 2.75) is 24.8 Å². The van der Waals surface area contributed by atoms with Crippen LogP contribution in [0.2, 0.25) is 0 Å². The first-order chi connectivity index (χ1) is 19.2. The molecule has 0 saturated heterocycles. The molecule has 40 heavy (non-hydrogen) atoms. The number of anilines is 1. The fourth-order valence-corrected chi connectivity index (χ4v) is 5.72. The number of sulfonamides is 1. The van der Waals surface area contributed by atoms with E-state index < -0.39 is 28.5 Å². The number of ether oxygens (including phenoxy) is 3. The van der Waals surface area contributed by atoms with Gasteiger partial charge in [0.1, 0.15) is 5.75 Å². The molecule has 0 atom stereocenters. The quantitative estimate of drug-likeness (QED) is 0.283. The topological polar surface area (TPSA) is 112 Å². The van der Waals surface area contributed by atoms with Crippen LogP contribution in [0.5, 0.6) is 17.2 Å². The SMILES string of the molecule is COc1ccc(S(=O)(=O)N(CC(=O)Nc2nc(-c3ccccc3)cn2-c2ccc(OC)c(OC)c2)C(C)C)cc1. The fourth-order valence-electron chi connectivity index (χ4n) is 4.12. The normalized spacial score (nSPS) is 11.5. The maximum Gasteiger partial charge on any atom is 0.243 e. The molecule has 0 saturated carbocycles. The Bertz CT molecular complexity index is 1570. The molecule has 0 spiro atoms. The first kappa shape index (κ1) is 28.7. The minimum Gasteiger partial charge on any atom is -0.497 e. The Balaban J connectivity index is 1.67. The summed E-state index contributed by atoms with van der Waals surface area (Å²) < 4.78 is 45.7. The number of aromatic nitrogens is 2. The van der Waals surface area contributed by atoms with Crippen molar-refractivity contribution in [3.63, 3.8) is 0 Å². The third kappa shape index (κ3) is 6.11. The number of methoxy groups -OCH3 is 3. The summed E-state index contributed by atoms with van der Waals surface area (Å²) in [5.74, 6) is 1.27. The van der Waals surface area contributed by atoms with E-state index in [4.69, 9.17) is 14.2 Å². The van der Waals surface area contributed by atoms with Crippen LogP contribution in [-0.4, -0.2) is 62.1 Å². The number of rotatable bonds is 11. The molecular weight excluding hydrogens is 532 g/mol. The maximum absolute atomic E-state index is 13.4. The van der Waals surface area contributed by atoms with E-state index in [2.05, 4.69) is 10.3 Å². The van der Waals surface area contributed by atoms with Crippen molar-refractivity contribution in [3.8, 4) is 34.2 Å². The summed E-state index contributed by atoms with van der Waals surface area (Å²) in [6.07, 6.45) is 1.79. The monoisotopic (exact) mass is 564 g/mol. The van der Waals surface area contributed by atoms with Gasteiger partial charge >= 0.3 is 0 Å². The molecule has 210 valence electrons. The lowest BCUT2D eigenvalue weighted by molar-refractivity contribution is -0.116. The summed E-state index contributed by atoms with van der Waals surface area (Å²) in [6.45, 7) is 3.02. The summed E-state index contributed by atoms with van der Waals surface area (Å²) in [6, 6.07) is 20.4. The number of hydrogen-bond donors (Lipinski definition) is 1. The minimum atomic E-state index is -3.97. The van der Waals surface area contributed by atoms with Crippen molar-refractivity contribution in [2.75, 3.05) is 33.2 Å². The summed E-state index contributed by atoms with van der Waals surface area (Å²) >= 11 is 0. The lowest BCUT2D eigenvalue weighted by Crippen LogP contribution is -2.42. The van der Waals surface area contributed by atoms with Crippen molar-refractivity contribution in [2.24, 2.45) is 0 Å². The molecule has 0 aliphatic carbocycles. The van der Waals surface area contributed by atoms with Gasteiger partial charge in [0, 0.05) is 23.9 Å². The summed E-state index contributed by atoms with van der Waals surface area (Å²) in [5, 5.41) is 2.81. The highest BCUT2D eigenvalue weighted by atomic mass is 32.2. The highest BCUT2D eigenvalue weighted by Crippen LogP contribution is 2.32. The van der Waals surface area contributed by atoms with E-state index in [0.717, 1.165) is 9.87 Å². The van der Waals surface area contributed by atoms with Crippen LogP contribution >= 0.6 is 0 Å². The van der Waals surface area contributed by atoms with Crippen LogP contribution in [0.4, 0.5) is 5.95 Å². The van der Waals surface area contributed by atoms with Gasteiger partial charge in [0.2, 0.25) is 21.9 Å². The molecular formula is C29H32N4O6S. The molecule has 0 radical (unpaired) electrons. The van der Waals surface area contributed by atoms with Crippen molar-refractivity contribution in [1.29, 1.82) is 0 Å². The molecule has 11 heteroatoms. The molecule has 10 nitrogen and oxygen atoms in total. The maximum atomic E-state index is 13.4. The molecule has 1 N–H and O–H groups in total. The highest BCUT2D eigenvalue weighted by Gasteiger charge is 2.30. The lowest BCUT2D eigenvalue weighted by Gasteiger charge is -2.25. The first-order valence-electron chi connectivity index (χ1n) is 12.5. The zero-order valence-electron chi connectivity index (χ0n) is 23.0. The van der Waals surface area contributed by atoms with Gasteiger partial charge in [0.15, 0.2) is 11.5 Å². The van der Waals surface area contributed by atoms with Crippen LogP contribution in [-0.2, 0) is 14.8 Å². The average molecular weight is 565 g/mol. The van der Waals surface area contributed by atoms with E-state index in [1.165, 1.54) is 26.4 Å². The number of imidazole rings is 1. The first-order valence-corrected chi connectivity index (χ1v) is 13.9. The second-order valence-corrected chi connectivity index (χ2v) is 11.0. The summed E-state index contributed by atoms with van der Waals surface area (Å²) in [5.41, 5.74) is 2.13. The number of amides is 1.